The maximum atomic E-state index is 12.8. The number of nitrogens with one attached hydrogen (secondary N) is 2. The van der Waals surface area contributed by atoms with Gasteiger partial charge in [0.1, 0.15) is 0 Å². The highest BCUT2D eigenvalue weighted by Crippen LogP contribution is 2.36. The first-order valence-corrected chi connectivity index (χ1v) is 15.8. The summed E-state index contributed by atoms with van der Waals surface area (Å²) in [5, 5.41) is 6.31. The van der Waals surface area contributed by atoms with Crippen LogP contribution in [0.1, 0.15) is 110 Å². The van der Waals surface area contributed by atoms with Gasteiger partial charge in [-0.15, -0.1) is 0 Å². The van der Waals surface area contributed by atoms with Crippen LogP contribution in [0.15, 0.2) is 0 Å². The molecule has 2 N–H and O–H groups in total. The normalized spacial score (nSPS) is 32.0. The third-order valence-electron chi connectivity index (χ3n) is 9.13. The topological polar surface area (TPSA) is 92.3 Å². The molecule has 0 aliphatic heterocycles. The Bertz CT molecular complexity index is 787. The van der Waals surface area contributed by atoms with E-state index in [-0.39, 0.29) is 35.1 Å². The molecule has 2 amide bonds. The van der Waals surface area contributed by atoms with Crippen molar-refractivity contribution in [3.8, 4) is 0 Å². The van der Waals surface area contributed by atoms with Crippen molar-refractivity contribution in [3.05, 3.63) is 0 Å². The minimum absolute atomic E-state index is 0.0760. The molecular formula is C27H46N2O4S. The van der Waals surface area contributed by atoms with Crippen molar-refractivity contribution in [1.29, 1.82) is 0 Å². The van der Waals surface area contributed by atoms with Crippen molar-refractivity contribution in [1.82, 2.24) is 10.6 Å². The quantitative estimate of drug-likeness (QED) is 0.493. The van der Waals surface area contributed by atoms with E-state index in [1.54, 1.807) is 0 Å². The van der Waals surface area contributed by atoms with Gasteiger partial charge >= 0.3 is 0 Å². The molecule has 0 spiro atoms. The summed E-state index contributed by atoms with van der Waals surface area (Å²) in [6.45, 7) is 2.16. The molecule has 0 aromatic rings. The Morgan fingerprint density at radius 1 is 0.794 bits per heavy atom. The van der Waals surface area contributed by atoms with Crippen molar-refractivity contribution in [2.24, 2.45) is 23.7 Å². The molecule has 0 bridgehead atoms. The van der Waals surface area contributed by atoms with Crippen LogP contribution in [0.25, 0.3) is 0 Å². The Morgan fingerprint density at radius 2 is 1.41 bits per heavy atom. The first-order chi connectivity index (χ1) is 16.3. The number of sulfone groups is 1. The predicted octanol–water partition coefficient (Wildman–Crippen LogP) is 4.52. The van der Waals surface area contributed by atoms with Crippen molar-refractivity contribution in [2.45, 2.75) is 127 Å². The molecule has 1 unspecified atom stereocenters. The van der Waals surface area contributed by atoms with Crippen molar-refractivity contribution < 1.29 is 18.0 Å². The molecule has 194 valence electrons. The summed E-state index contributed by atoms with van der Waals surface area (Å²) < 4.78 is 25.1. The fourth-order valence-electron chi connectivity index (χ4n) is 6.59. The van der Waals surface area contributed by atoms with E-state index < -0.39 is 9.84 Å². The molecule has 4 saturated carbocycles. The molecular weight excluding hydrogens is 448 g/mol. The summed E-state index contributed by atoms with van der Waals surface area (Å²) in [7, 11) is -2.95. The fraction of sp³-hybridized carbons (Fsp3) is 0.926. The molecule has 1 atom stereocenters. The van der Waals surface area contributed by atoms with Gasteiger partial charge in [-0.25, -0.2) is 8.42 Å². The molecule has 4 aliphatic rings. The molecule has 34 heavy (non-hydrogen) atoms. The molecule has 7 heteroatoms. The Kier molecular flexibility index (Phi) is 8.97. The van der Waals surface area contributed by atoms with Crippen molar-refractivity contribution in [2.75, 3.05) is 5.75 Å². The van der Waals surface area contributed by atoms with E-state index in [1.807, 2.05) is 0 Å². The fourth-order valence-corrected chi connectivity index (χ4v) is 8.84. The van der Waals surface area contributed by atoms with Gasteiger partial charge in [-0.05, 0) is 102 Å². The number of carbonyl (C=O) groups excluding carboxylic acids is 2. The molecule has 4 aliphatic carbocycles. The molecule has 4 rings (SSSR count). The van der Waals surface area contributed by atoms with E-state index in [2.05, 4.69) is 17.6 Å². The van der Waals surface area contributed by atoms with Gasteiger partial charge in [0, 0.05) is 24.4 Å². The largest absolute Gasteiger partial charge is 0.353 e. The molecule has 4 fully saturated rings. The molecule has 0 aromatic heterocycles. The highest BCUT2D eigenvalue weighted by molar-refractivity contribution is 7.92. The highest BCUT2D eigenvalue weighted by Gasteiger charge is 2.36. The van der Waals surface area contributed by atoms with E-state index >= 15 is 0 Å². The van der Waals surface area contributed by atoms with E-state index in [1.165, 1.54) is 32.1 Å². The zero-order valence-corrected chi connectivity index (χ0v) is 21.9. The van der Waals surface area contributed by atoms with Crippen LogP contribution < -0.4 is 10.6 Å². The zero-order valence-electron chi connectivity index (χ0n) is 21.1. The summed E-state index contributed by atoms with van der Waals surface area (Å²) in [5.74, 6) is 2.10. The smallest absolute Gasteiger partial charge is 0.223 e. The van der Waals surface area contributed by atoms with Gasteiger partial charge in [0.05, 0.1) is 11.0 Å². The second-order valence-electron chi connectivity index (χ2n) is 11.9. The molecule has 0 radical (unpaired) electrons. The summed E-state index contributed by atoms with van der Waals surface area (Å²) in [6.07, 6.45) is 15.6. The Hall–Kier alpha value is -1.11. The lowest BCUT2D eigenvalue weighted by Crippen LogP contribution is -2.45. The number of hydrogen-bond acceptors (Lipinski definition) is 4. The van der Waals surface area contributed by atoms with Crippen LogP contribution in [0, 0.1) is 23.7 Å². The van der Waals surface area contributed by atoms with Crippen molar-refractivity contribution >= 4 is 21.7 Å². The summed E-state index contributed by atoms with van der Waals surface area (Å²) in [5.41, 5.74) is 0. The van der Waals surface area contributed by atoms with Crippen LogP contribution in [0.3, 0.4) is 0 Å². The van der Waals surface area contributed by atoms with Crippen LogP contribution in [0.4, 0.5) is 0 Å². The van der Waals surface area contributed by atoms with Gasteiger partial charge in [0.15, 0.2) is 9.84 Å². The standard InChI is InChI=1S/C27H46N2O4S/c1-19(22-5-3-2-4-6-22)28-27(31)23-11-13-24(14-12-23)29-26(30)17-20-9-15-25(16-10-20)34(32,33)18-21-7-8-21/h19-25H,2-18H2,1H3,(H,28,31)(H,29,30). The summed E-state index contributed by atoms with van der Waals surface area (Å²) in [6, 6.07) is 0.437. The second kappa shape index (κ2) is 11.7. The Balaban J connectivity index is 1.11. The van der Waals surface area contributed by atoms with Crippen LogP contribution >= 0.6 is 0 Å². The molecule has 6 nitrogen and oxygen atoms in total. The number of hydrogen-bond donors (Lipinski definition) is 2. The highest BCUT2D eigenvalue weighted by atomic mass is 32.2. The monoisotopic (exact) mass is 494 g/mol. The average molecular weight is 495 g/mol. The van der Waals surface area contributed by atoms with Gasteiger partial charge in [0.25, 0.3) is 0 Å². The lowest BCUT2D eigenvalue weighted by Gasteiger charge is -2.32. The maximum absolute atomic E-state index is 12.8. The van der Waals surface area contributed by atoms with Crippen molar-refractivity contribution in [3.63, 3.8) is 0 Å². The molecule has 0 saturated heterocycles. The van der Waals surface area contributed by atoms with E-state index in [0.717, 1.165) is 51.4 Å². The lowest BCUT2D eigenvalue weighted by molar-refractivity contribution is -0.127. The minimum Gasteiger partial charge on any atom is -0.353 e. The summed E-state index contributed by atoms with van der Waals surface area (Å²) >= 11 is 0. The van der Waals surface area contributed by atoms with Gasteiger partial charge in [-0.1, -0.05) is 19.3 Å². The van der Waals surface area contributed by atoms with Crippen LogP contribution in [0.2, 0.25) is 0 Å². The van der Waals surface area contributed by atoms with E-state index in [4.69, 9.17) is 0 Å². The second-order valence-corrected chi connectivity index (χ2v) is 14.3. The zero-order chi connectivity index (χ0) is 24.1. The third-order valence-corrected chi connectivity index (χ3v) is 11.6. The summed E-state index contributed by atoms with van der Waals surface area (Å²) in [4.78, 5) is 25.4. The number of carbonyl (C=O) groups is 2. The van der Waals surface area contributed by atoms with Gasteiger partial charge in [-0.3, -0.25) is 9.59 Å². The van der Waals surface area contributed by atoms with Crippen LogP contribution in [-0.2, 0) is 19.4 Å². The molecule has 0 aromatic carbocycles. The lowest BCUT2D eigenvalue weighted by atomic mass is 9.82. The first-order valence-electron chi connectivity index (χ1n) is 14.1. The van der Waals surface area contributed by atoms with E-state index in [9.17, 15) is 18.0 Å². The maximum Gasteiger partial charge on any atom is 0.223 e. The van der Waals surface area contributed by atoms with Gasteiger partial charge in [0.2, 0.25) is 11.8 Å². The van der Waals surface area contributed by atoms with Crippen LogP contribution in [0.5, 0.6) is 0 Å². The van der Waals surface area contributed by atoms with Gasteiger partial charge in [-0.2, -0.15) is 0 Å². The van der Waals surface area contributed by atoms with Gasteiger partial charge < -0.3 is 10.6 Å². The molecule has 0 heterocycles. The number of amides is 2. The Labute approximate surface area is 206 Å². The van der Waals surface area contributed by atoms with E-state index in [0.29, 0.717) is 42.8 Å². The Morgan fingerprint density at radius 3 is 2.03 bits per heavy atom. The predicted molar refractivity (Wildman–Crippen MR) is 135 cm³/mol. The minimum atomic E-state index is -2.95. The SMILES string of the molecule is CC(NC(=O)C1CCC(NC(=O)CC2CCC(S(=O)(=O)CC3CC3)CC2)CC1)C1CCCCC1. The average Bonchev–Trinajstić information content (AvgIpc) is 3.63. The first kappa shape index (κ1) is 26.0. The van der Waals surface area contributed by atoms with Crippen LogP contribution in [-0.4, -0.2) is 43.3 Å². The third kappa shape index (κ3) is 7.44. The number of rotatable bonds is 9.